The van der Waals surface area contributed by atoms with Crippen LogP contribution in [0.5, 0.6) is 0 Å². The van der Waals surface area contributed by atoms with Crippen LogP contribution in [0.25, 0.3) is 0 Å². The Morgan fingerprint density at radius 1 is 1.40 bits per heavy atom. The first-order chi connectivity index (χ1) is 7.10. The second-order valence-corrected chi connectivity index (χ2v) is 4.24. The van der Waals surface area contributed by atoms with E-state index in [2.05, 4.69) is 0 Å². The summed E-state index contributed by atoms with van der Waals surface area (Å²) in [6, 6.07) is 4.52. The zero-order valence-electron chi connectivity index (χ0n) is 7.84. The monoisotopic (exact) mass is 230 g/mol. The van der Waals surface area contributed by atoms with Gasteiger partial charge >= 0.3 is 0 Å². The maximum atomic E-state index is 12.8. The van der Waals surface area contributed by atoms with Crippen LogP contribution in [0, 0.1) is 0 Å². The number of alkyl halides is 2. The minimum absolute atomic E-state index is 0.278. The highest BCUT2D eigenvalue weighted by atomic mass is 35.5. The number of rotatable bonds is 3. The predicted octanol–water partition coefficient (Wildman–Crippen LogP) is 3.45. The van der Waals surface area contributed by atoms with Gasteiger partial charge in [-0.1, -0.05) is 17.7 Å². The van der Waals surface area contributed by atoms with Crippen LogP contribution in [0.4, 0.5) is 8.78 Å². The Morgan fingerprint density at radius 3 is 2.53 bits per heavy atom. The van der Waals surface area contributed by atoms with E-state index in [1.165, 1.54) is 12.1 Å². The molecule has 0 N–H and O–H groups in total. The smallest absolute Gasteiger partial charge is 0.248 e. The Bertz CT molecular complexity index is 400. The summed E-state index contributed by atoms with van der Waals surface area (Å²) in [5.74, 6) is 0. The van der Waals surface area contributed by atoms with E-state index >= 15 is 0 Å². The van der Waals surface area contributed by atoms with Crippen molar-refractivity contribution in [2.75, 3.05) is 0 Å². The topological polar surface area (TPSA) is 17.1 Å². The fourth-order valence-electron chi connectivity index (χ4n) is 1.82. The van der Waals surface area contributed by atoms with Crippen LogP contribution in [0.3, 0.4) is 0 Å². The zero-order chi connectivity index (χ0) is 11.1. The number of hydrogen-bond donors (Lipinski definition) is 0. The lowest BCUT2D eigenvalue weighted by Crippen LogP contribution is -2.19. The third-order valence-corrected chi connectivity index (χ3v) is 3.12. The summed E-state index contributed by atoms with van der Waals surface area (Å²) >= 11 is 5.70. The third-order valence-electron chi connectivity index (χ3n) is 2.88. The van der Waals surface area contributed by atoms with Gasteiger partial charge in [0.1, 0.15) is 6.29 Å². The number of hydrogen-bond acceptors (Lipinski definition) is 1. The summed E-state index contributed by atoms with van der Waals surface area (Å²) < 4.78 is 25.7. The van der Waals surface area contributed by atoms with Gasteiger partial charge in [-0.25, -0.2) is 8.78 Å². The van der Waals surface area contributed by atoms with E-state index in [4.69, 9.17) is 11.6 Å². The molecular formula is C11H9ClF2O. The molecule has 1 aromatic carbocycles. The second kappa shape index (κ2) is 3.56. The molecule has 1 aliphatic carbocycles. The normalized spacial score (nSPS) is 17.9. The van der Waals surface area contributed by atoms with E-state index in [-0.39, 0.29) is 5.56 Å². The van der Waals surface area contributed by atoms with Crippen molar-refractivity contribution in [2.45, 2.75) is 24.7 Å². The molecule has 0 heterocycles. The van der Waals surface area contributed by atoms with Crippen molar-refractivity contribution in [2.24, 2.45) is 0 Å². The summed E-state index contributed by atoms with van der Waals surface area (Å²) in [4.78, 5) is 10.8. The first kappa shape index (κ1) is 10.6. The number of carbonyl (C=O) groups excluding carboxylic acids is 1. The Kier molecular flexibility index (Phi) is 2.51. The summed E-state index contributed by atoms with van der Waals surface area (Å²) in [6.45, 7) is 0. The lowest BCUT2D eigenvalue weighted by molar-refractivity contribution is 0.100. The summed E-state index contributed by atoms with van der Waals surface area (Å²) in [5.41, 5.74) is -0.391. The molecule has 1 nitrogen and oxygen atoms in total. The first-order valence-corrected chi connectivity index (χ1v) is 5.01. The molecule has 0 spiro atoms. The van der Waals surface area contributed by atoms with Crippen LogP contribution < -0.4 is 0 Å². The molecule has 2 rings (SSSR count). The van der Waals surface area contributed by atoms with E-state index < -0.39 is 11.8 Å². The third kappa shape index (κ3) is 1.65. The van der Waals surface area contributed by atoms with Gasteiger partial charge in [0.2, 0.25) is 6.43 Å². The van der Waals surface area contributed by atoms with Gasteiger partial charge in [-0.2, -0.15) is 0 Å². The van der Waals surface area contributed by atoms with Gasteiger partial charge in [0.15, 0.2) is 0 Å². The molecule has 0 saturated heterocycles. The Balaban J connectivity index is 2.48. The van der Waals surface area contributed by atoms with E-state index in [9.17, 15) is 13.6 Å². The quantitative estimate of drug-likeness (QED) is 0.727. The second-order valence-electron chi connectivity index (χ2n) is 3.81. The van der Waals surface area contributed by atoms with E-state index in [1.807, 2.05) is 0 Å². The van der Waals surface area contributed by atoms with E-state index in [0.717, 1.165) is 0 Å². The van der Waals surface area contributed by atoms with Crippen LogP contribution in [0.1, 0.15) is 28.8 Å². The highest BCUT2D eigenvalue weighted by Crippen LogP contribution is 2.53. The molecule has 1 saturated carbocycles. The fourth-order valence-corrected chi connectivity index (χ4v) is 2.00. The molecule has 4 heteroatoms. The van der Waals surface area contributed by atoms with Gasteiger partial charge in [-0.05, 0) is 30.5 Å². The van der Waals surface area contributed by atoms with Crippen LogP contribution in [-0.4, -0.2) is 12.7 Å². The van der Waals surface area contributed by atoms with Crippen LogP contribution in [-0.2, 0) is 5.41 Å². The lowest BCUT2D eigenvalue weighted by Gasteiger charge is -2.16. The van der Waals surface area contributed by atoms with Crippen molar-refractivity contribution in [3.05, 3.63) is 34.3 Å². The highest BCUT2D eigenvalue weighted by molar-refractivity contribution is 6.30. The first-order valence-electron chi connectivity index (χ1n) is 4.63. The van der Waals surface area contributed by atoms with E-state index in [1.54, 1.807) is 6.07 Å². The molecule has 80 valence electrons. The van der Waals surface area contributed by atoms with Crippen LogP contribution in [0.15, 0.2) is 18.2 Å². The molecule has 0 unspecified atom stereocenters. The van der Waals surface area contributed by atoms with Gasteiger partial charge in [0.25, 0.3) is 0 Å². The molecule has 0 amide bonds. The molecule has 0 aromatic heterocycles. The summed E-state index contributed by atoms with van der Waals surface area (Å²) in [7, 11) is 0. The molecular weight excluding hydrogens is 222 g/mol. The average Bonchev–Trinajstić information content (AvgIpc) is 2.98. The number of aldehydes is 1. The molecule has 15 heavy (non-hydrogen) atoms. The standard InChI is InChI=1S/C11H9ClF2O/c12-8-1-2-9(7(5-8)6-15)11(3-4-11)10(13)14/h1-2,5-6,10H,3-4H2. The van der Waals surface area contributed by atoms with Crippen molar-refractivity contribution in [1.82, 2.24) is 0 Å². The van der Waals surface area contributed by atoms with E-state index in [0.29, 0.717) is 29.7 Å². The maximum Gasteiger partial charge on any atom is 0.248 e. The maximum absolute atomic E-state index is 12.8. The summed E-state index contributed by atoms with van der Waals surface area (Å²) in [5, 5.41) is 0.394. The number of halogens is 3. The lowest BCUT2D eigenvalue weighted by atomic mass is 9.92. The van der Waals surface area contributed by atoms with Gasteiger partial charge in [0, 0.05) is 10.6 Å². The fraction of sp³-hybridized carbons (Fsp3) is 0.364. The Morgan fingerprint density at radius 2 is 2.07 bits per heavy atom. The minimum atomic E-state index is -2.42. The van der Waals surface area contributed by atoms with Crippen LogP contribution >= 0.6 is 11.6 Å². The van der Waals surface area contributed by atoms with Gasteiger partial charge < -0.3 is 0 Å². The average molecular weight is 231 g/mol. The van der Waals surface area contributed by atoms with Crippen LogP contribution in [0.2, 0.25) is 5.02 Å². The molecule has 1 fully saturated rings. The Hall–Kier alpha value is -0.960. The van der Waals surface area contributed by atoms with Crippen molar-refractivity contribution in [3.8, 4) is 0 Å². The van der Waals surface area contributed by atoms with Gasteiger partial charge in [-0.15, -0.1) is 0 Å². The van der Waals surface area contributed by atoms with Crippen molar-refractivity contribution < 1.29 is 13.6 Å². The SMILES string of the molecule is O=Cc1cc(Cl)ccc1C1(C(F)F)CC1. The Labute approximate surface area is 91.0 Å². The van der Waals surface area contributed by atoms with Crippen molar-refractivity contribution in [1.29, 1.82) is 0 Å². The van der Waals surface area contributed by atoms with Crippen molar-refractivity contribution >= 4 is 17.9 Å². The minimum Gasteiger partial charge on any atom is -0.298 e. The molecule has 0 aliphatic heterocycles. The highest BCUT2D eigenvalue weighted by Gasteiger charge is 2.53. The molecule has 0 bridgehead atoms. The van der Waals surface area contributed by atoms with Crippen molar-refractivity contribution in [3.63, 3.8) is 0 Å². The molecule has 0 atom stereocenters. The zero-order valence-corrected chi connectivity index (χ0v) is 8.60. The summed E-state index contributed by atoms with van der Waals surface area (Å²) in [6.07, 6.45) is -0.957. The molecule has 1 aromatic rings. The molecule has 1 aliphatic rings. The van der Waals surface area contributed by atoms with Gasteiger partial charge in [-0.3, -0.25) is 4.79 Å². The molecule has 0 radical (unpaired) electrons. The van der Waals surface area contributed by atoms with Gasteiger partial charge in [0.05, 0.1) is 5.41 Å². The number of benzene rings is 1. The predicted molar refractivity (Wildman–Crippen MR) is 53.8 cm³/mol. The largest absolute Gasteiger partial charge is 0.298 e. The number of carbonyl (C=O) groups is 1.